The molecule has 2 N–H and O–H groups in total. The second-order valence-corrected chi connectivity index (χ2v) is 7.39. The lowest BCUT2D eigenvalue weighted by atomic mass is 9.40. The number of nitrogens with two attached hydrogens (primary N) is 1. The number of halogens is 15. The van der Waals surface area contributed by atoms with Crippen molar-refractivity contribution in [1.29, 1.82) is 0 Å². The molecule has 0 saturated heterocycles. The maximum Gasteiger partial charge on any atom is 0.339 e. The number of alkyl halides is 15. The standard InChI is InChI=1S/C13H8F15NO/c1-3(29)2-30-13(28)6(16)9(20,21)4(14)8(18,19)5(15,11(6,24)25)12(26,27)7(13,17)10(4,22)23/h3H,2,29H2,1H3. The highest BCUT2D eigenvalue weighted by Gasteiger charge is 3.23. The molecule has 4 aliphatic carbocycles. The van der Waals surface area contributed by atoms with Crippen LogP contribution >= 0.6 is 0 Å². The molecule has 0 aromatic rings. The van der Waals surface area contributed by atoms with Gasteiger partial charge in [0.25, 0.3) is 0 Å². The molecule has 0 spiro atoms. The van der Waals surface area contributed by atoms with Gasteiger partial charge in [-0.2, -0.15) is 43.9 Å². The predicted octanol–water partition coefficient (Wildman–Crippen LogP) is 4.07. The molecule has 1 atom stereocenters. The van der Waals surface area contributed by atoms with Crippen LogP contribution in [0.4, 0.5) is 65.9 Å². The summed E-state index contributed by atoms with van der Waals surface area (Å²) in [4.78, 5) is 0. The molecule has 0 amide bonds. The van der Waals surface area contributed by atoms with Gasteiger partial charge in [-0.25, -0.2) is 22.0 Å². The van der Waals surface area contributed by atoms with Crippen LogP contribution in [-0.4, -0.2) is 70.8 Å². The SMILES string of the molecule is CC(N)COC1(F)C2(F)C(F)(F)C3(F)C(F)(F)C(F)(C2(F)F)C(F)(F)C1(F)C3(F)F. The second-order valence-electron chi connectivity index (χ2n) is 7.39. The zero-order valence-electron chi connectivity index (χ0n) is 13.9. The van der Waals surface area contributed by atoms with Gasteiger partial charge in [0.05, 0.1) is 6.61 Å². The minimum Gasteiger partial charge on any atom is -0.339 e. The van der Waals surface area contributed by atoms with E-state index in [9.17, 15) is 61.5 Å². The number of hydrogen-bond acceptors (Lipinski definition) is 2. The molecule has 2 nitrogen and oxygen atoms in total. The minimum atomic E-state index is -7.84. The van der Waals surface area contributed by atoms with Gasteiger partial charge < -0.3 is 10.5 Å². The predicted molar refractivity (Wildman–Crippen MR) is 63.5 cm³/mol. The Morgan fingerprint density at radius 1 is 0.533 bits per heavy atom. The van der Waals surface area contributed by atoms with E-state index in [1.165, 1.54) is 0 Å². The molecule has 0 aliphatic heterocycles. The van der Waals surface area contributed by atoms with Gasteiger partial charge in [0.1, 0.15) is 0 Å². The van der Waals surface area contributed by atoms with Crippen molar-refractivity contribution in [2.45, 2.75) is 71.1 Å². The molecule has 4 fully saturated rings. The smallest absolute Gasteiger partial charge is 0.339 e. The fourth-order valence-electron chi connectivity index (χ4n) is 4.25. The lowest BCUT2D eigenvalue weighted by Gasteiger charge is -2.74. The van der Waals surface area contributed by atoms with E-state index in [2.05, 4.69) is 4.74 Å². The highest BCUT2D eigenvalue weighted by molar-refractivity contribution is 5.54. The lowest BCUT2D eigenvalue weighted by Crippen LogP contribution is -3.09. The highest BCUT2D eigenvalue weighted by atomic mass is 19.3. The van der Waals surface area contributed by atoms with Crippen molar-refractivity contribution in [3.05, 3.63) is 0 Å². The van der Waals surface area contributed by atoms with Gasteiger partial charge in [0, 0.05) is 6.04 Å². The largest absolute Gasteiger partial charge is 0.339 e. The van der Waals surface area contributed by atoms with Crippen molar-refractivity contribution >= 4 is 0 Å². The van der Waals surface area contributed by atoms with Crippen molar-refractivity contribution < 1.29 is 70.6 Å². The third-order valence-electron chi connectivity index (χ3n) is 5.76. The first-order valence-corrected chi connectivity index (χ1v) is 7.65. The molecule has 0 aromatic heterocycles. The van der Waals surface area contributed by atoms with Gasteiger partial charge in [-0.15, -0.1) is 0 Å². The first kappa shape index (κ1) is 23.5. The van der Waals surface area contributed by atoms with Crippen LogP contribution in [-0.2, 0) is 4.74 Å². The number of ether oxygens (including phenoxy) is 1. The van der Waals surface area contributed by atoms with Crippen molar-refractivity contribution in [3.63, 3.8) is 0 Å². The quantitative estimate of drug-likeness (QED) is 0.620. The Balaban J connectivity index is 2.61. The average Bonchev–Trinajstić information content (AvgIpc) is 2.58. The third-order valence-corrected chi connectivity index (χ3v) is 5.76. The summed E-state index contributed by atoms with van der Waals surface area (Å²) in [6.45, 7) is -1.37. The van der Waals surface area contributed by atoms with Crippen molar-refractivity contribution in [3.8, 4) is 0 Å². The van der Waals surface area contributed by atoms with Crippen LogP contribution in [0.2, 0.25) is 0 Å². The Kier molecular flexibility index (Phi) is 3.87. The Hall–Kier alpha value is -1.13. The van der Waals surface area contributed by atoms with Gasteiger partial charge in [0.2, 0.25) is 0 Å². The van der Waals surface area contributed by atoms with Crippen molar-refractivity contribution in [1.82, 2.24) is 0 Å². The first-order chi connectivity index (χ1) is 12.9. The number of hydrogen-bond donors (Lipinski definition) is 1. The molecule has 0 aromatic carbocycles. The molecule has 1 unspecified atom stereocenters. The molecule has 176 valence electrons. The van der Waals surface area contributed by atoms with Crippen LogP contribution in [0.15, 0.2) is 0 Å². The lowest BCUT2D eigenvalue weighted by molar-refractivity contribution is -0.617. The summed E-state index contributed by atoms with van der Waals surface area (Å²) in [6.07, 6.45) is 0. The maximum absolute atomic E-state index is 15.1. The van der Waals surface area contributed by atoms with Crippen LogP contribution in [0.1, 0.15) is 6.92 Å². The molecule has 0 heterocycles. The van der Waals surface area contributed by atoms with E-state index in [0.717, 1.165) is 0 Å². The van der Waals surface area contributed by atoms with E-state index in [-0.39, 0.29) is 0 Å². The topological polar surface area (TPSA) is 35.2 Å². The van der Waals surface area contributed by atoms with E-state index < -0.39 is 70.8 Å². The Labute approximate surface area is 155 Å². The van der Waals surface area contributed by atoms with Crippen molar-refractivity contribution in [2.24, 2.45) is 5.73 Å². The average molecular weight is 479 g/mol. The molecular formula is C13H8F15NO. The zero-order chi connectivity index (χ0) is 24.0. The van der Waals surface area contributed by atoms with E-state index in [1.54, 1.807) is 0 Å². The van der Waals surface area contributed by atoms with Crippen LogP contribution in [0, 0.1) is 0 Å². The number of rotatable bonds is 3. The molecule has 17 heteroatoms. The Morgan fingerprint density at radius 3 is 1.00 bits per heavy atom. The summed E-state index contributed by atoms with van der Waals surface area (Å²) in [5, 5.41) is 0. The second kappa shape index (κ2) is 4.93. The monoisotopic (exact) mass is 479 g/mol. The van der Waals surface area contributed by atoms with Gasteiger partial charge >= 0.3 is 58.1 Å². The van der Waals surface area contributed by atoms with Crippen LogP contribution in [0.3, 0.4) is 0 Å². The molecule has 30 heavy (non-hydrogen) atoms. The van der Waals surface area contributed by atoms with Crippen LogP contribution < -0.4 is 5.73 Å². The van der Waals surface area contributed by atoms with E-state index in [4.69, 9.17) is 5.73 Å². The summed E-state index contributed by atoms with van der Waals surface area (Å²) < 4.78 is 219. The Bertz CT molecular complexity index is 705. The van der Waals surface area contributed by atoms with Gasteiger partial charge in [0.15, 0.2) is 0 Å². The summed E-state index contributed by atoms with van der Waals surface area (Å²) >= 11 is 0. The molecule has 4 rings (SSSR count). The van der Waals surface area contributed by atoms with E-state index in [1.807, 2.05) is 0 Å². The van der Waals surface area contributed by atoms with Crippen LogP contribution in [0.25, 0.3) is 0 Å². The summed E-state index contributed by atoms with van der Waals surface area (Å²) in [6, 6.07) is -1.85. The molecule has 4 aliphatic rings. The summed E-state index contributed by atoms with van der Waals surface area (Å²) in [5.74, 6) is -45.7. The molecule has 4 bridgehead atoms. The normalized spacial score (nSPS) is 52.3. The molecule has 0 radical (unpaired) electrons. The highest BCUT2D eigenvalue weighted by Crippen LogP contribution is 2.88. The summed E-state index contributed by atoms with van der Waals surface area (Å²) in [7, 11) is 0. The Morgan fingerprint density at radius 2 is 0.767 bits per heavy atom. The molecule has 4 saturated carbocycles. The fraction of sp³-hybridized carbons (Fsp3) is 1.00. The van der Waals surface area contributed by atoms with Crippen molar-refractivity contribution in [2.75, 3.05) is 6.61 Å². The van der Waals surface area contributed by atoms with Gasteiger partial charge in [-0.1, -0.05) is 0 Å². The van der Waals surface area contributed by atoms with E-state index in [0.29, 0.717) is 6.92 Å². The third kappa shape index (κ3) is 1.41. The molecular weight excluding hydrogens is 471 g/mol. The van der Waals surface area contributed by atoms with E-state index >= 15 is 4.39 Å². The van der Waals surface area contributed by atoms with Gasteiger partial charge in [-0.3, -0.25) is 0 Å². The zero-order valence-corrected chi connectivity index (χ0v) is 13.9. The first-order valence-electron chi connectivity index (χ1n) is 7.65. The maximum atomic E-state index is 15.1. The fourth-order valence-corrected chi connectivity index (χ4v) is 4.25. The van der Waals surface area contributed by atoms with Gasteiger partial charge in [-0.05, 0) is 6.92 Å². The van der Waals surface area contributed by atoms with Crippen LogP contribution in [0.5, 0.6) is 0 Å². The summed E-state index contributed by atoms with van der Waals surface area (Å²) in [5.41, 5.74) is -25.4. The minimum absolute atomic E-state index is 0.642.